The number of ether oxygens (including phenoxy) is 4. The van der Waals surface area contributed by atoms with E-state index >= 15 is 0 Å². The zero-order chi connectivity index (χ0) is 21.8. The van der Waals surface area contributed by atoms with Crippen molar-refractivity contribution in [3.05, 3.63) is 41.9 Å². The number of rotatable bonds is 8. The van der Waals surface area contributed by atoms with Crippen LogP contribution in [0.2, 0.25) is 0 Å². The summed E-state index contributed by atoms with van der Waals surface area (Å²) < 4.78 is 21.8. The first-order chi connectivity index (χ1) is 15.2. The molecule has 0 saturated carbocycles. The second kappa shape index (κ2) is 9.05. The lowest BCUT2D eigenvalue weighted by molar-refractivity contribution is 0.191. The quantitative estimate of drug-likeness (QED) is 0.564. The van der Waals surface area contributed by atoms with E-state index in [9.17, 15) is 0 Å². The first-order valence-corrected chi connectivity index (χ1v) is 9.82. The zero-order valence-electron chi connectivity index (χ0n) is 17.6. The van der Waals surface area contributed by atoms with Gasteiger partial charge in [0.1, 0.15) is 12.4 Å². The number of hydrogen-bond donors (Lipinski definition) is 2. The Morgan fingerprint density at radius 1 is 0.968 bits per heavy atom. The summed E-state index contributed by atoms with van der Waals surface area (Å²) in [4.78, 5) is 13.7. The lowest BCUT2D eigenvalue weighted by Gasteiger charge is -2.19. The Bertz CT molecular complexity index is 1060. The van der Waals surface area contributed by atoms with Gasteiger partial charge < -0.3 is 29.4 Å². The van der Waals surface area contributed by atoms with E-state index in [0.717, 1.165) is 35.4 Å². The molecule has 0 aliphatic heterocycles. The molecule has 1 aliphatic carbocycles. The highest BCUT2D eigenvalue weighted by Gasteiger charge is 2.21. The van der Waals surface area contributed by atoms with Crippen LogP contribution < -0.4 is 24.3 Å². The van der Waals surface area contributed by atoms with Crippen molar-refractivity contribution in [1.29, 1.82) is 0 Å². The monoisotopic (exact) mass is 424 g/mol. The van der Waals surface area contributed by atoms with Gasteiger partial charge in [0.05, 0.1) is 45.5 Å². The van der Waals surface area contributed by atoms with Crippen LogP contribution in [-0.4, -0.2) is 54.6 Å². The van der Waals surface area contributed by atoms with Crippen LogP contribution in [0.4, 0.5) is 11.6 Å². The molecule has 0 bridgehead atoms. The van der Waals surface area contributed by atoms with Crippen molar-refractivity contribution < 1.29 is 24.1 Å². The minimum Gasteiger partial charge on any atom is -0.495 e. The Kier molecular flexibility index (Phi) is 6.03. The average Bonchev–Trinajstić information content (AvgIpc) is 2.82. The number of aromatic nitrogens is 3. The molecule has 0 spiro atoms. The van der Waals surface area contributed by atoms with Gasteiger partial charge in [-0.05, 0) is 24.5 Å². The van der Waals surface area contributed by atoms with Crippen LogP contribution in [0, 0.1) is 0 Å². The Balaban J connectivity index is 1.68. The molecule has 0 unspecified atom stereocenters. The Morgan fingerprint density at radius 3 is 2.42 bits per heavy atom. The highest BCUT2D eigenvalue weighted by molar-refractivity contribution is 5.71. The van der Waals surface area contributed by atoms with Crippen LogP contribution in [0.3, 0.4) is 0 Å². The predicted molar refractivity (Wildman–Crippen MR) is 115 cm³/mol. The van der Waals surface area contributed by atoms with Gasteiger partial charge in [0.2, 0.25) is 11.7 Å². The number of aliphatic hydroxyl groups is 1. The van der Waals surface area contributed by atoms with Crippen molar-refractivity contribution in [2.75, 3.05) is 39.9 Å². The van der Waals surface area contributed by atoms with Gasteiger partial charge in [-0.25, -0.2) is 9.97 Å². The summed E-state index contributed by atoms with van der Waals surface area (Å²) >= 11 is 0. The number of nitrogens with one attached hydrogen (secondary N) is 1. The number of anilines is 2. The molecule has 2 N–H and O–H groups in total. The lowest BCUT2D eigenvalue weighted by Crippen LogP contribution is -2.10. The van der Waals surface area contributed by atoms with Gasteiger partial charge in [-0.2, -0.15) is 0 Å². The van der Waals surface area contributed by atoms with E-state index in [0.29, 0.717) is 34.6 Å². The third-order valence-electron chi connectivity index (χ3n) is 4.99. The maximum Gasteiger partial charge on any atom is 0.227 e. The molecule has 2 aromatic heterocycles. The van der Waals surface area contributed by atoms with Gasteiger partial charge in [0.15, 0.2) is 11.5 Å². The van der Waals surface area contributed by atoms with Gasteiger partial charge in [-0.3, -0.25) is 4.98 Å². The Hall–Kier alpha value is -3.59. The number of nitrogens with zero attached hydrogens (tertiary/aromatic N) is 3. The molecule has 0 amide bonds. The number of benzene rings is 1. The average molecular weight is 424 g/mol. The predicted octanol–water partition coefficient (Wildman–Crippen LogP) is 2.78. The largest absolute Gasteiger partial charge is 0.495 e. The molecule has 0 saturated heterocycles. The fraction of sp³-hybridized carbons (Fsp3) is 0.318. The highest BCUT2D eigenvalue weighted by Crippen LogP contribution is 2.41. The van der Waals surface area contributed by atoms with Crippen LogP contribution in [0.15, 0.2) is 30.6 Å². The van der Waals surface area contributed by atoms with Gasteiger partial charge in [0.25, 0.3) is 0 Å². The number of aryl methyl sites for hydroxylation is 2. The van der Waals surface area contributed by atoms with E-state index < -0.39 is 0 Å². The summed E-state index contributed by atoms with van der Waals surface area (Å²) in [6.45, 7) is 0.0146. The van der Waals surface area contributed by atoms with E-state index in [4.69, 9.17) is 29.0 Å². The fourth-order valence-electron chi connectivity index (χ4n) is 3.50. The van der Waals surface area contributed by atoms with Gasteiger partial charge in [-0.15, -0.1) is 0 Å². The maximum absolute atomic E-state index is 9.06. The van der Waals surface area contributed by atoms with Crippen molar-refractivity contribution in [2.24, 2.45) is 0 Å². The van der Waals surface area contributed by atoms with Gasteiger partial charge in [-0.1, -0.05) is 0 Å². The molecule has 9 heteroatoms. The normalized spacial score (nSPS) is 11.9. The van der Waals surface area contributed by atoms with E-state index in [1.54, 1.807) is 25.4 Å². The number of hydrogen-bond acceptors (Lipinski definition) is 9. The summed E-state index contributed by atoms with van der Waals surface area (Å²) in [5.41, 5.74) is 4.52. The first kappa shape index (κ1) is 20.7. The van der Waals surface area contributed by atoms with Crippen LogP contribution in [0.25, 0.3) is 11.3 Å². The smallest absolute Gasteiger partial charge is 0.227 e. The molecular weight excluding hydrogens is 400 g/mol. The summed E-state index contributed by atoms with van der Waals surface area (Å²) in [6, 6.07) is 5.48. The second-order valence-corrected chi connectivity index (χ2v) is 6.84. The van der Waals surface area contributed by atoms with Crippen LogP contribution in [0.5, 0.6) is 23.0 Å². The Morgan fingerprint density at radius 2 is 1.74 bits per heavy atom. The van der Waals surface area contributed by atoms with Crippen molar-refractivity contribution in [1.82, 2.24) is 15.0 Å². The number of methoxy groups -OCH3 is 3. The third kappa shape index (κ3) is 4.17. The van der Waals surface area contributed by atoms with E-state index in [1.807, 2.05) is 12.3 Å². The molecule has 9 nitrogen and oxygen atoms in total. The third-order valence-corrected chi connectivity index (χ3v) is 4.99. The minimum atomic E-state index is -0.115. The fourth-order valence-corrected chi connectivity index (χ4v) is 3.50. The van der Waals surface area contributed by atoms with Crippen LogP contribution in [0.1, 0.15) is 11.3 Å². The van der Waals surface area contributed by atoms with E-state index in [1.165, 1.54) is 14.2 Å². The van der Waals surface area contributed by atoms with Crippen molar-refractivity contribution >= 4 is 11.6 Å². The number of aliphatic hydroxyl groups excluding tert-OH is 1. The molecule has 0 atom stereocenters. The molecule has 1 aliphatic rings. The van der Waals surface area contributed by atoms with E-state index in [2.05, 4.69) is 15.3 Å². The van der Waals surface area contributed by atoms with Crippen molar-refractivity contribution in [2.45, 2.75) is 12.8 Å². The molecule has 3 aromatic rings. The lowest BCUT2D eigenvalue weighted by atomic mass is 9.93. The minimum absolute atomic E-state index is 0.115. The topological polar surface area (TPSA) is 108 Å². The zero-order valence-corrected chi connectivity index (χ0v) is 17.6. The standard InChI is InChI=1S/C22H24N4O5/c1-28-15-10-16-17(23-12-15)5-4-13-11-24-22(26-20(13)16)25-14-8-18(29-2)21(31-7-6-27)19(9-14)30-3/h8-12,27H,4-7H2,1-3H3,(H,24,25,26). The van der Waals surface area contributed by atoms with Crippen molar-refractivity contribution in [3.8, 4) is 34.3 Å². The van der Waals surface area contributed by atoms with E-state index in [-0.39, 0.29) is 13.2 Å². The van der Waals surface area contributed by atoms with Crippen LogP contribution >= 0.6 is 0 Å². The SMILES string of the molecule is COc1cnc2c(c1)-c1nc(Nc3cc(OC)c(OCCO)c(OC)c3)ncc1CC2. The molecule has 4 rings (SSSR count). The molecule has 0 fully saturated rings. The van der Waals surface area contributed by atoms with Crippen molar-refractivity contribution in [3.63, 3.8) is 0 Å². The molecule has 2 heterocycles. The van der Waals surface area contributed by atoms with Crippen LogP contribution in [-0.2, 0) is 12.8 Å². The number of fused-ring (bicyclic) bond motifs is 3. The summed E-state index contributed by atoms with van der Waals surface area (Å²) in [6.07, 6.45) is 5.23. The number of pyridine rings is 1. The Labute approximate surface area is 180 Å². The molecule has 1 aromatic carbocycles. The second-order valence-electron chi connectivity index (χ2n) is 6.84. The molecule has 0 radical (unpaired) electrons. The highest BCUT2D eigenvalue weighted by atomic mass is 16.5. The maximum atomic E-state index is 9.06. The molecule has 162 valence electrons. The summed E-state index contributed by atoms with van der Waals surface area (Å²) in [7, 11) is 4.70. The van der Waals surface area contributed by atoms with Gasteiger partial charge in [0, 0.05) is 29.6 Å². The van der Waals surface area contributed by atoms with Gasteiger partial charge >= 0.3 is 0 Å². The summed E-state index contributed by atoms with van der Waals surface area (Å²) in [5, 5.41) is 12.3. The molecular formula is C22H24N4O5. The molecule has 31 heavy (non-hydrogen) atoms. The first-order valence-electron chi connectivity index (χ1n) is 9.82. The summed E-state index contributed by atoms with van der Waals surface area (Å²) in [5.74, 6) is 2.47.